The third-order valence-electron chi connectivity index (χ3n) is 5.20. The minimum atomic E-state index is -4.57. The highest BCUT2D eigenvalue weighted by atomic mass is 19.4. The molecule has 3 aromatic rings. The summed E-state index contributed by atoms with van der Waals surface area (Å²) in [6.45, 7) is 2.73. The van der Waals surface area contributed by atoms with Crippen LogP contribution >= 0.6 is 0 Å². The van der Waals surface area contributed by atoms with Gasteiger partial charge in [-0.25, -0.2) is 4.98 Å². The molecule has 2 heterocycles. The quantitative estimate of drug-likeness (QED) is 0.714. The van der Waals surface area contributed by atoms with Gasteiger partial charge in [0, 0.05) is 31.9 Å². The van der Waals surface area contributed by atoms with Crippen LogP contribution in [0.15, 0.2) is 47.3 Å². The first kappa shape index (κ1) is 19.9. The maximum Gasteiger partial charge on any atom is 0.417 e. The van der Waals surface area contributed by atoms with Crippen molar-refractivity contribution in [3.05, 3.63) is 69.8 Å². The summed E-state index contributed by atoms with van der Waals surface area (Å²) in [6.07, 6.45) is -4.57. The molecule has 1 aliphatic rings. The molecule has 1 saturated heterocycles. The van der Waals surface area contributed by atoms with Gasteiger partial charge in [0.25, 0.3) is 5.56 Å². The van der Waals surface area contributed by atoms with Gasteiger partial charge < -0.3 is 9.88 Å². The Morgan fingerprint density at radius 2 is 1.83 bits per heavy atom. The molecule has 0 aliphatic carbocycles. The van der Waals surface area contributed by atoms with E-state index in [0.717, 1.165) is 6.07 Å². The van der Waals surface area contributed by atoms with E-state index in [1.54, 1.807) is 30.3 Å². The van der Waals surface area contributed by atoms with Gasteiger partial charge in [-0.2, -0.15) is 18.4 Å². The molecule has 1 fully saturated rings. The average Bonchev–Trinajstić information content (AvgIpc) is 2.73. The molecule has 0 bridgehead atoms. The predicted octanol–water partition coefficient (Wildman–Crippen LogP) is 3.14. The van der Waals surface area contributed by atoms with Gasteiger partial charge in [0.2, 0.25) is 0 Å². The lowest BCUT2D eigenvalue weighted by Crippen LogP contribution is -2.46. The minimum absolute atomic E-state index is 0.188. The van der Waals surface area contributed by atoms with Crippen LogP contribution < -0.4 is 10.5 Å². The number of fused-ring (bicyclic) bond motifs is 1. The third-order valence-corrected chi connectivity index (χ3v) is 5.20. The maximum absolute atomic E-state index is 13.2. The first-order valence-corrected chi connectivity index (χ1v) is 9.42. The number of rotatable bonds is 3. The van der Waals surface area contributed by atoms with Gasteiger partial charge in [0.05, 0.1) is 34.6 Å². The third kappa shape index (κ3) is 4.00. The highest BCUT2D eigenvalue weighted by Gasteiger charge is 2.34. The van der Waals surface area contributed by atoms with Crippen LogP contribution in [0.5, 0.6) is 0 Å². The Bertz CT molecular complexity index is 1170. The van der Waals surface area contributed by atoms with Crippen LogP contribution in [0.1, 0.15) is 17.0 Å². The number of alkyl halides is 3. The van der Waals surface area contributed by atoms with Crippen LogP contribution in [0.4, 0.5) is 18.9 Å². The highest BCUT2D eigenvalue weighted by molar-refractivity contribution is 5.77. The summed E-state index contributed by atoms with van der Waals surface area (Å²) in [7, 11) is 0. The summed E-state index contributed by atoms with van der Waals surface area (Å²) < 4.78 is 39.7. The van der Waals surface area contributed by atoms with E-state index in [9.17, 15) is 18.0 Å². The Labute approximate surface area is 170 Å². The standard InChI is InChI=1S/C21H18F3N5O/c22-21(23,24)17-11-15(6-5-14(17)12-25)29-9-7-28(8-10-29)13-19-26-18-4-2-1-3-16(18)20(30)27-19/h1-6,11H,7-10,13H2,(H,26,27,30). The second-order valence-electron chi connectivity index (χ2n) is 7.13. The van der Waals surface area contributed by atoms with E-state index in [4.69, 9.17) is 5.26 Å². The van der Waals surface area contributed by atoms with E-state index in [2.05, 4.69) is 14.9 Å². The second-order valence-corrected chi connectivity index (χ2v) is 7.13. The molecule has 0 spiro atoms. The van der Waals surface area contributed by atoms with Crippen LogP contribution in [-0.4, -0.2) is 41.0 Å². The van der Waals surface area contributed by atoms with Crippen molar-refractivity contribution in [1.29, 1.82) is 5.26 Å². The minimum Gasteiger partial charge on any atom is -0.369 e. The van der Waals surface area contributed by atoms with Crippen molar-refractivity contribution in [2.24, 2.45) is 0 Å². The van der Waals surface area contributed by atoms with Gasteiger partial charge in [0.15, 0.2) is 0 Å². The monoisotopic (exact) mass is 413 g/mol. The number of nitrogens with zero attached hydrogens (tertiary/aromatic N) is 4. The molecule has 6 nitrogen and oxygen atoms in total. The maximum atomic E-state index is 13.2. The Balaban J connectivity index is 1.46. The summed E-state index contributed by atoms with van der Waals surface area (Å²) in [5.41, 5.74) is -0.407. The van der Waals surface area contributed by atoms with E-state index in [1.807, 2.05) is 11.0 Å². The van der Waals surface area contributed by atoms with Crippen LogP contribution in [-0.2, 0) is 12.7 Å². The fraction of sp³-hybridized carbons (Fsp3) is 0.286. The van der Waals surface area contributed by atoms with E-state index >= 15 is 0 Å². The Morgan fingerprint density at radius 3 is 2.53 bits per heavy atom. The van der Waals surface area contributed by atoms with Gasteiger partial charge in [0.1, 0.15) is 5.82 Å². The molecule has 4 rings (SSSR count). The van der Waals surface area contributed by atoms with Gasteiger partial charge in [-0.05, 0) is 30.3 Å². The molecule has 1 aromatic heterocycles. The zero-order valence-electron chi connectivity index (χ0n) is 15.9. The van der Waals surface area contributed by atoms with Crippen molar-refractivity contribution in [2.75, 3.05) is 31.1 Å². The molecule has 0 unspecified atom stereocenters. The number of hydrogen-bond donors (Lipinski definition) is 1. The predicted molar refractivity (Wildman–Crippen MR) is 106 cm³/mol. The number of hydrogen-bond acceptors (Lipinski definition) is 5. The lowest BCUT2D eigenvalue weighted by atomic mass is 10.1. The van der Waals surface area contributed by atoms with Crippen LogP contribution in [0.2, 0.25) is 0 Å². The summed E-state index contributed by atoms with van der Waals surface area (Å²) in [5.74, 6) is 0.560. The molecule has 2 aromatic carbocycles. The SMILES string of the molecule is N#Cc1ccc(N2CCN(Cc3nc4ccccc4c(=O)[nH]3)CC2)cc1C(F)(F)F. The number of piperazine rings is 1. The summed E-state index contributed by atoms with van der Waals surface area (Å²) in [4.78, 5) is 23.5. The lowest BCUT2D eigenvalue weighted by molar-refractivity contribution is -0.137. The van der Waals surface area contributed by atoms with Gasteiger partial charge in [-0.15, -0.1) is 0 Å². The van der Waals surface area contributed by atoms with E-state index < -0.39 is 11.7 Å². The number of nitriles is 1. The number of aromatic nitrogens is 2. The van der Waals surface area contributed by atoms with E-state index in [0.29, 0.717) is 55.1 Å². The van der Waals surface area contributed by atoms with Crippen molar-refractivity contribution in [3.8, 4) is 6.07 Å². The van der Waals surface area contributed by atoms with Gasteiger partial charge in [-0.3, -0.25) is 9.69 Å². The molecule has 9 heteroatoms. The Hall–Kier alpha value is -3.38. The molecule has 0 atom stereocenters. The van der Waals surface area contributed by atoms with Gasteiger partial charge in [-0.1, -0.05) is 12.1 Å². The molecular weight excluding hydrogens is 395 g/mol. The fourth-order valence-electron chi connectivity index (χ4n) is 3.65. The van der Waals surface area contributed by atoms with Crippen LogP contribution in [0.25, 0.3) is 10.9 Å². The van der Waals surface area contributed by atoms with E-state index in [1.165, 1.54) is 6.07 Å². The highest BCUT2D eigenvalue weighted by Crippen LogP contribution is 2.34. The molecule has 154 valence electrons. The largest absolute Gasteiger partial charge is 0.417 e. The Kier molecular flexibility index (Phi) is 5.18. The summed E-state index contributed by atoms with van der Waals surface area (Å²) in [6, 6.07) is 12.5. The van der Waals surface area contributed by atoms with Crippen LogP contribution in [0.3, 0.4) is 0 Å². The number of nitrogens with one attached hydrogen (secondary N) is 1. The lowest BCUT2D eigenvalue weighted by Gasteiger charge is -2.36. The zero-order valence-corrected chi connectivity index (χ0v) is 15.9. The zero-order chi connectivity index (χ0) is 21.3. The molecule has 30 heavy (non-hydrogen) atoms. The van der Waals surface area contributed by atoms with Crippen molar-refractivity contribution in [3.63, 3.8) is 0 Å². The molecule has 0 saturated carbocycles. The number of para-hydroxylation sites is 1. The van der Waals surface area contributed by atoms with Crippen molar-refractivity contribution in [2.45, 2.75) is 12.7 Å². The molecule has 1 N–H and O–H groups in total. The number of anilines is 1. The smallest absolute Gasteiger partial charge is 0.369 e. The van der Waals surface area contributed by atoms with Crippen molar-refractivity contribution in [1.82, 2.24) is 14.9 Å². The van der Waals surface area contributed by atoms with E-state index in [-0.39, 0.29) is 11.1 Å². The van der Waals surface area contributed by atoms with Crippen molar-refractivity contribution >= 4 is 16.6 Å². The van der Waals surface area contributed by atoms with Crippen LogP contribution in [0, 0.1) is 11.3 Å². The Morgan fingerprint density at radius 1 is 1.10 bits per heavy atom. The van der Waals surface area contributed by atoms with Crippen molar-refractivity contribution < 1.29 is 13.2 Å². The topological polar surface area (TPSA) is 76.0 Å². The fourth-order valence-corrected chi connectivity index (χ4v) is 3.65. The molecule has 0 radical (unpaired) electrons. The molecule has 1 aliphatic heterocycles. The summed E-state index contributed by atoms with van der Waals surface area (Å²) in [5, 5.41) is 9.48. The number of aromatic amines is 1. The first-order valence-electron chi connectivity index (χ1n) is 9.42. The summed E-state index contributed by atoms with van der Waals surface area (Å²) >= 11 is 0. The second kappa shape index (κ2) is 7.80. The number of halogens is 3. The molecular formula is C21H18F3N5O. The normalized spacial score (nSPS) is 15.3. The first-order chi connectivity index (χ1) is 14.3. The number of H-pyrrole nitrogens is 1. The number of benzene rings is 2. The van der Waals surface area contributed by atoms with Gasteiger partial charge >= 0.3 is 6.18 Å². The molecule has 0 amide bonds. The average molecular weight is 413 g/mol.